The summed E-state index contributed by atoms with van der Waals surface area (Å²) >= 11 is 0. The summed E-state index contributed by atoms with van der Waals surface area (Å²) in [5.74, 6) is 0.420. The molecule has 3 heterocycles. The summed E-state index contributed by atoms with van der Waals surface area (Å²) in [6, 6.07) is 47.8. The van der Waals surface area contributed by atoms with Crippen LogP contribution in [0.1, 0.15) is 19.4 Å². The Bertz CT molecular complexity index is 2450. The van der Waals surface area contributed by atoms with Gasteiger partial charge in [-0.3, -0.25) is 0 Å². The Morgan fingerprint density at radius 3 is 2.11 bits per heavy atom. The fourth-order valence-corrected chi connectivity index (χ4v) is 8.20. The zero-order valence-corrected chi connectivity index (χ0v) is 34.0. The fourth-order valence-electron chi connectivity index (χ4n) is 6.61. The number of aromatic nitrogens is 2. The van der Waals surface area contributed by atoms with Crippen LogP contribution in [0.5, 0.6) is 0 Å². The van der Waals surface area contributed by atoms with Crippen molar-refractivity contribution in [2.24, 2.45) is 5.92 Å². The molecule has 6 heteroatoms. The molecule has 0 bridgehead atoms. The predicted molar refractivity (Wildman–Crippen MR) is 217 cm³/mol. The molecule has 0 unspecified atom stereocenters. The van der Waals surface area contributed by atoms with E-state index in [0.29, 0.717) is 5.92 Å². The van der Waals surface area contributed by atoms with E-state index in [1.807, 2.05) is 72.9 Å². The number of benzene rings is 5. The molecule has 8 aromatic rings. The van der Waals surface area contributed by atoms with Gasteiger partial charge in [-0.2, -0.15) is 0 Å². The molecule has 0 aliphatic heterocycles. The number of fused-ring (bicyclic) bond motifs is 3. The molecule has 0 aliphatic carbocycles. The second kappa shape index (κ2) is 16.3. The van der Waals surface area contributed by atoms with Crippen LogP contribution in [0.3, 0.4) is 0 Å². The molecule has 267 valence electrons. The molecule has 0 atom stereocenters. The quantitative estimate of drug-likeness (QED) is 0.118. The first-order chi connectivity index (χ1) is 25.1. The average molecular weight is 889 g/mol. The number of pyridine rings is 2. The first-order valence-electron chi connectivity index (χ1n) is 17.8. The molecule has 0 spiro atoms. The molecule has 1 radical (unpaired) electrons. The van der Waals surface area contributed by atoms with Gasteiger partial charge in [-0.05, 0) is 75.4 Å². The van der Waals surface area contributed by atoms with Gasteiger partial charge >= 0.3 is 0 Å². The van der Waals surface area contributed by atoms with E-state index >= 15 is 0 Å². The SMILES string of the molecule is CC(C)Cc1cc(-c2[c-]cccc2)ncc1[Si](C)(C)C.Fc1ccc(-c2ccc3c(c2)oc2c(-c4cc(-c5ccccc5)ccn4)[c-]ccc23)cc1.[Ir]. The molecule has 0 saturated carbocycles. The molecular weight excluding hydrogens is 848 g/mol. The van der Waals surface area contributed by atoms with Crippen molar-refractivity contribution in [3.8, 4) is 44.8 Å². The summed E-state index contributed by atoms with van der Waals surface area (Å²) < 4.78 is 19.6. The smallest absolute Gasteiger partial charge is 0.123 e. The minimum atomic E-state index is -1.34. The first-order valence-corrected chi connectivity index (χ1v) is 21.3. The van der Waals surface area contributed by atoms with Gasteiger partial charge in [0.05, 0.1) is 13.7 Å². The van der Waals surface area contributed by atoms with Crippen LogP contribution in [0.25, 0.3) is 66.7 Å². The van der Waals surface area contributed by atoms with Crippen LogP contribution in [0.2, 0.25) is 19.6 Å². The molecule has 0 aliphatic rings. The van der Waals surface area contributed by atoms with Crippen LogP contribution >= 0.6 is 0 Å². The van der Waals surface area contributed by atoms with E-state index in [2.05, 4.69) is 98.2 Å². The van der Waals surface area contributed by atoms with Gasteiger partial charge in [0.25, 0.3) is 0 Å². The van der Waals surface area contributed by atoms with Crippen LogP contribution in [0.4, 0.5) is 4.39 Å². The Morgan fingerprint density at radius 2 is 1.40 bits per heavy atom. The Balaban J connectivity index is 0.000000199. The first kappa shape index (κ1) is 37.7. The van der Waals surface area contributed by atoms with Crippen LogP contribution in [-0.2, 0) is 26.5 Å². The van der Waals surface area contributed by atoms with Gasteiger partial charge in [-0.1, -0.05) is 117 Å². The number of nitrogens with zero attached hydrogens (tertiary/aromatic N) is 2. The maximum Gasteiger partial charge on any atom is 0.123 e. The van der Waals surface area contributed by atoms with Crippen LogP contribution < -0.4 is 5.19 Å². The van der Waals surface area contributed by atoms with Crippen molar-refractivity contribution < 1.29 is 28.9 Å². The summed E-state index contributed by atoms with van der Waals surface area (Å²) in [5, 5.41) is 3.54. The number of hydrogen-bond acceptors (Lipinski definition) is 3. The second-order valence-corrected chi connectivity index (χ2v) is 19.6. The van der Waals surface area contributed by atoms with Crippen molar-refractivity contribution in [1.29, 1.82) is 0 Å². The van der Waals surface area contributed by atoms with Gasteiger partial charge in [0.2, 0.25) is 0 Å². The van der Waals surface area contributed by atoms with Crippen molar-refractivity contribution in [1.82, 2.24) is 9.97 Å². The summed E-state index contributed by atoms with van der Waals surface area (Å²) in [5.41, 5.74) is 10.9. The minimum Gasteiger partial charge on any atom is -0.501 e. The summed E-state index contributed by atoms with van der Waals surface area (Å²) in [7, 11) is -1.34. The van der Waals surface area contributed by atoms with Crippen LogP contribution in [0.15, 0.2) is 144 Å². The molecule has 3 aromatic heterocycles. The van der Waals surface area contributed by atoms with E-state index in [9.17, 15) is 4.39 Å². The Kier molecular flexibility index (Phi) is 11.6. The Morgan fingerprint density at radius 1 is 0.679 bits per heavy atom. The van der Waals surface area contributed by atoms with Crippen molar-refractivity contribution in [3.63, 3.8) is 0 Å². The number of rotatable bonds is 7. The van der Waals surface area contributed by atoms with E-state index < -0.39 is 8.07 Å². The maximum absolute atomic E-state index is 13.3. The predicted octanol–water partition coefficient (Wildman–Crippen LogP) is 12.2. The Labute approximate surface area is 326 Å². The van der Waals surface area contributed by atoms with Crippen molar-refractivity contribution in [2.75, 3.05) is 0 Å². The van der Waals surface area contributed by atoms with Gasteiger partial charge in [0, 0.05) is 37.9 Å². The van der Waals surface area contributed by atoms with Gasteiger partial charge in [-0.15, -0.1) is 54.1 Å². The molecule has 0 amide bonds. The molecule has 53 heavy (non-hydrogen) atoms. The van der Waals surface area contributed by atoms with E-state index in [4.69, 9.17) is 4.42 Å². The normalized spacial score (nSPS) is 11.3. The minimum absolute atomic E-state index is 0. The van der Waals surface area contributed by atoms with Crippen molar-refractivity contribution in [2.45, 2.75) is 39.9 Å². The zero-order chi connectivity index (χ0) is 36.2. The van der Waals surface area contributed by atoms with Gasteiger partial charge in [-0.25, -0.2) is 4.39 Å². The molecule has 5 aromatic carbocycles. The number of hydrogen-bond donors (Lipinski definition) is 0. The summed E-state index contributed by atoms with van der Waals surface area (Å²) in [4.78, 5) is 9.29. The zero-order valence-electron chi connectivity index (χ0n) is 30.6. The topological polar surface area (TPSA) is 38.9 Å². The van der Waals surface area contributed by atoms with E-state index in [1.165, 1.54) is 22.9 Å². The molecule has 0 N–H and O–H groups in total. The monoisotopic (exact) mass is 889 g/mol. The number of furan rings is 1. The third-order valence-corrected chi connectivity index (χ3v) is 11.2. The standard InChI is InChI=1S/C29H17FNO.C18H24NSi.Ir/c30-23-12-9-20(10-13-23)21-11-14-24-25-7-4-8-26(29(25)32-28(24)18-21)27-17-22(15-16-31-27)19-5-2-1-3-6-19;1-14(2)11-16-12-17(15-9-7-6-8-10-15)19-13-18(16)20(3,4)5;/h1-7,9-18H;6-9,12-14H,11H2,1-5H3;/q2*-1;. The number of halogens is 1. The van der Waals surface area contributed by atoms with Gasteiger partial charge in [0.15, 0.2) is 0 Å². The molecule has 3 nitrogen and oxygen atoms in total. The summed E-state index contributed by atoms with van der Waals surface area (Å²) in [6.07, 6.45) is 5.06. The maximum atomic E-state index is 13.3. The van der Waals surface area contributed by atoms with Crippen molar-refractivity contribution in [3.05, 3.63) is 163 Å². The van der Waals surface area contributed by atoms with E-state index in [-0.39, 0.29) is 25.9 Å². The molecule has 0 saturated heterocycles. The average Bonchev–Trinajstić information content (AvgIpc) is 3.54. The van der Waals surface area contributed by atoms with E-state index in [1.54, 1.807) is 12.1 Å². The van der Waals surface area contributed by atoms with Crippen molar-refractivity contribution >= 4 is 35.2 Å². The molecular formula is C47H41FIrN2OSi-2. The third-order valence-electron chi connectivity index (χ3n) is 9.14. The fraction of sp³-hybridized carbons (Fsp3) is 0.149. The van der Waals surface area contributed by atoms with E-state index in [0.717, 1.165) is 73.1 Å². The second-order valence-electron chi connectivity index (χ2n) is 14.6. The molecule has 0 fully saturated rings. The third kappa shape index (κ3) is 8.63. The van der Waals surface area contributed by atoms with Gasteiger partial charge < -0.3 is 14.4 Å². The van der Waals surface area contributed by atoms with Crippen LogP contribution in [0, 0.1) is 23.9 Å². The largest absolute Gasteiger partial charge is 0.501 e. The Hall–Kier alpha value is -5.00. The van der Waals surface area contributed by atoms with Gasteiger partial charge in [0.1, 0.15) is 11.4 Å². The molecule has 8 rings (SSSR count). The summed E-state index contributed by atoms with van der Waals surface area (Å²) in [6.45, 7) is 11.7. The van der Waals surface area contributed by atoms with Crippen LogP contribution in [-0.4, -0.2) is 18.0 Å².